The van der Waals surface area contributed by atoms with E-state index in [-0.39, 0.29) is 0 Å². The van der Waals surface area contributed by atoms with Crippen LogP contribution in [0.2, 0.25) is 0 Å². The van der Waals surface area contributed by atoms with Crippen LogP contribution in [0.3, 0.4) is 0 Å². The molecule has 0 heterocycles. The highest BCUT2D eigenvalue weighted by molar-refractivity contribution is 8.77. The fourth-order valence-corrected chi connectivity index (χ4v) is 4.53. The maximum atomic E-state index is 5.24. The van der Waals surface area contributed by atoms with Crippen LogP contribution in [0.15, 0.2) is 60.0 Å². The van der Waals surface area contributed by atoms with Gasteiger partial charge >= 0.3 is 0 Å². The van der Waals surface area contributed by atoms with E-state index in [1.54, 1.807) is 17.9 Å². The van der Waals surface area contributed by atoms with Crippen molar-refractivity contribution in [2.45, 2.75) is 18.4 Å². The molecule has 2 aromatic carbocycles. The van der Waals surface area contributed by atoms with Crippen LogP contribution in [-0.4, -0.2) is 12.9 Å². The second-order valence-corrected chi connectivity index (χ2v) is 8.39. The third-order valence-electron chi connectivity index (χ3n) is 3.18. The minimum atomic E-state index is 0.927. The Labute approximate surface area is 151 Å². The van der Waals surface area contributed by atoms with Gasteiger partial charge in [-0.05, 0) is 35.6 Å². The molecule has 0 aliphatic heterocycles. The number of benzene rings is 2. The lowest BCUT2D eigenvalue weighted by atomic mass is 10.2. The predicted octanol–water partition coefficient (Wildman–Crippen LogP) is 6.33. The zero-order valence-corrected chi connectivity index (χ0v) is 16.0. The lowest BCUT2D eigenvalue weighted by Gasteiger charge is -2.02. The molecule has 0 fully saturated rings. The molecule has 0 aromatic heterocycles. The van der Waals surface area contributed by atoms with Crippen LogP contribution in [0.5, 0.6) is 5.75 Å². The first kappa shape index (κ1) is 18.4. The van der Waals surface area contributed by atoms with Crippen molar-refractivity contribution >= 4 is 33.3 Å². The van der Waals surface area contributed by atoms with Crippen LogP contribution in [0.1, 0.15) is 16.7 Å². The van der Waals surface area contributed by atoms with Crippen molar-refractivity contribution in [3.05, 3.63) is 76.7 Å². The van der Waals surface area contributed by atoms with Crippen molar-refractivity contribution < 1.29 is 4.74 Å². The normalized spacial score (nSPS) is 11.0. The number of methoxy groups -OCH3 is 1. The van der Waals surface area contributed by atoms with Crippen LogP contribution >= 0.6 is 33.3 Å². The Hall–Kier alpha value is -0.970. The van der Waals surface area contributed by atoms with Gasteiger partial charge in [0.15, 0.2) is 0 Å². The summed E-state index contributed by atoms with van der Waals surface area (Å²) in [5.74, 6) is 4.05. The number of ether oxygens (including phenoxy) is 1. The van der Waals surface area contributed by atoms with Crippen molar-refractivity contribution in [3.8, 4) is 5.75 Å². The standard InChI is InChI=1S/C19H22OS3/c1-16-7-9-17(10-8-16)14-21-11-4-12-22-23-15-18-5-3-6-19(13-18)20-2/h3-10,12-13H,11,14-15H2,1-2H3. The largest absolute Gasteiger partial charge is 0.497 e. The molecule has 0 bridgehead atoms. The summed E-state index contributed by atoms with van der Waals surface area (Å²) >= 11 is 1.95. The summed E-state index contributed by atoms with van der Waals surface area (Å²) in [6, 6.07) is 17.0. The summed E-state index contributed by atoms with van der Waals surface area (Å²) in [5.41, 5.74) is 4.01. The fraction of sp³-hybridized carbons (Fsp3) is 0.263. The van der Waals surface area contributed by atoms with E-state index in [0.29, 0.717) is 0 Å². The van der Waals surface area contributed by atoms with Gasteiger partial charge in [0.05, 0.1) is 7.11 Å². The molecule has 2 aromatic rings. The Kier molecular flexibility index (Phi) is 8.58. The molecule has 4 heteroatoms. The molecular weight excluding hydrogens is 340 g/mol. The maximum Gasteiger partial charge on any atom is 0.119 e. The highest BCUT2D eigenvalue weighted by atomic mass is 33.1. The Morgan fingerprint density at radius 2 is 1.83 bits per heavy atom. The Balaban J connectivity index is 1.57. The van der Waals surface area contributed by atoms with Gasteiger partial charge in [-0.1, -0.05) is 69.6 Å². The van der Waals surface area contributed by atoms with Gasteiger partial charge in [0.1, 0.15) is 5.75 Å². The molecule has 0 saturated heterocycles. The van der Waals surface area contributed by atoms with Gasteiger partial charge < -0.3 is 4.74 Å². The molecule has 122 valence electrons. The molecule has 0 atom stereocenters. The first-order chi connectivity index (χ1) is 11.3. The average Bonchev–Trinajstić information content (AvgIpc) is 2.59. The van der Waals surface area contributed by atoms with E-state index in [2.05, 4.69) is 54.8 Å². The van der Waals surface area contributed by atoms with Gasteiger partial charge in [0.2, 0.25) is 0 Å². The monoisotopic (exact) mass is 362 g/mol. The smallest absolute Gasteiger partial charge is 0.119 e. The number of aryl methyl sites for hydroxylation is 1. The average molecular weight is 363 g/mol. The van der Waals surface area contributed by atoms with Gasteiger partial charge in [-0.3, -0.25) is 0 Å². The topological polar surface area (TPSA) is 9.23 Å². The molecule has 1 nitrogen and oxygen atoms in total. The predicted molar refractivity (Wildman–Crippen MR) is 108 cm³/mol. The number of thioether (sulfide) groups is 1. The molecule has 2 rings (SSSR count). The number of hydrogen-bond donors (Lipinski definition) is 0. The van der Waals surface area contributed by atoms with E-state index in [4.69, 9.17) is 4.74 Å². The molecule has 0 radical (unpaired) electrons. The van der Waals surface area contributed by atoms with Crippen LogP contribution in [0, 0.1) is 6.92 Å². The lowest BCUT2D eigenvalue weighted by Crippen LogP contribution is -1.84. The Morgan fingerprint density at radius 3 is 2.61 bits per heavy atom. The van der Waals surface area contributed by atoms with Crippen molar-refractivity contribution in [1.29, 1.82) is 0 Å². The summed E-state index contributed by atoms with van der Waals surface area (Å²) in [7, 11) is 5.34. The summed E-state index contributed by atoms with van der Waals surface area (Å²) in [6.45, 7) is 2.13. The van der Waals surface area contributed by atoms with Crippen molar-refractivity contribution in [1.82, 2.24) is 0 Å². The van der Waals surface area contributed by atoms with Gasteiger partial charge in [0, 0.05) is 17.3 Å². The van der Waals surface area contributed by atoms with E-state index in [0.717, 1.165) is 23.0 Å². The SMILES string of the molecule is COc1cccc(CSSC=CCSCc2ccc(C)cc2)c1. The Morgan fingerprint density at radius 1 is 1.00 bits per heavy atom. The van der Waals surface area contributed by atoms with Gasteiger partial charge in [-0.25, -0.2) is 0 Å². The van der Waals surface area contributed by atoms with E-state index in [1.165, 1.54) is 16.7 Å². The molecular formula is C19H22OS3. The quantitative estimate of drug-likeness (QED) is 0.380. The second kappa shape index (κ2) is 10.7. The van der Waals surface area contributed by atoms with E-state index < -0.39 is 0 Å². The van der Waals surface area contributed by atoms with Crippen LogP contribution in [0.25, 0.3) is 0 Å². The van der Waals surface area contributed by atoms with Crippen molar-refractivity contribution in [3.63, 3.8) is 0 Å². The molecule has 0 aliphatic rings. The van der Waals surface area contributed by atoms with E-state index >= 15 is 0 Å². The maximum absolute atomic E-state index is 5.24. The molecule has 0 unspecified atom stereocenters. The summed E-state index contributed by atoms with van der Waals surface area (Å²) < 4.78 is 5.24. The second-order valence-electron chi connectivity index (χ2n) is 5.08. The zero-order valence-electron chi connectivity index (χ0n) is 13.5. The molecule has 0 spiro atoms. The van der Waals surface area contributed by atoms with Crippen molar-refractivity contribution in [2.24, 2.45) is 0 Å². The minimum Gasteiger partial charge on any atom is -0.497 e. The highest BCUT2D eigenvalue weighted by Crippen LogP contribution is 2.28. The number of hydrogen-bond acceptors (Lipinski definition) is 4. The fourth-order valence-electron chi connectivity index (χ4n) is 1.91. The molecule has 0 saturated carbocycles. The summed E-state index contributed by atoms with van der Waals surface area (Å²) in [6.07, 6.45) is 2.24. The van der Waals surface area contributed by atoms with E-state index in [9.17, 15) is 0 Å². The Bertz CT molecular complexity index is 608. The van der Waals surface area contributed by atoms with Crippen molar-refractivity contribution in [2.75, 3.05) is 12.9 Å². The van der Waals surface area contributed by atoms with Crippen LogP contribution in [0.4, 0.5) is 0 Å². The number of rotatable bonds is 9. The first-order valence-electron chi connectivity index (χ1n) is 7.47. The first-order valence-corrected chi connectivity index (χ1v) is 11.0. The van der Waals surface area contributed by atoms with Crippen LogP contribution in [-0.2, 0) is 11.5 Å². The summed E-state index contributed by atoms with van der Waals surface area (Å²) in [5, 5.41) is 2.19. The minimum absolute atomic E-state index is 0.927. The third kappa shape index (κ3) is 7.42. The van der Waals surface area contributed by atoms with Gasteiger partial charge in [-0.2, -0.15) is 11.8 Å². The highest BCUT2D eigenvalue weighted by Gasteiger charge is 1.96. The lowest BCUT2D eigenvalue weighted by molar-refractivity contribution is 0.414. The van der Waals surface area contributed by atoms with Gasteiger partial charge in [-0.15, -0.1) is 0 Å². The van der Waals surface area contributed by atoms with E-state index in [1.807, 2.05) is 34.7 Å². The van der Waals surface area contributed by atoms with Crippen LogP contribution < -0.4 is 4.74 Å². The molecule has 0 aliphatic carbocycles. The zero-order chi connectivity index (χ0) is 16.3. The van der Waals surface area contributed by atoms with Gasteiger partial charge in [0.25, 0.3) is 0 Å². The molecule has 23 heavy (non-hydrogen) atoms. The third-order valence-corrected chi connectivity index (χ3v) is 6.13. The molecule has 0 amide bonds. The molecule has 0 N–H and O–H groups in total. The summed E-state index contributed by atoms with van der Waals surface area (Å²) in [4.78, 5) is 0.